The predicted octanol–water partition coefficient (Wildman–Crippen LogP) is 7.33. The Morgan fingerprint density at radius 3 is 2.00 bits per heavy atom. The Bertz CT molecular complexity index is 366. The van der Waals surface area contributed by atoms with Gasteiger partial charge in [0.15, 0.2) is 6.29 Å². The fraction of sp³-hybridized carbons (Fsp3) is 0.960. The van der Waals surface area contributed by atoms with Gasteiger partial charge in [-0.05, 0) is 51.4 Å². The highest BCUT2D eigenvalue weighted by Crippen LogP contribution is 2.18. The molecule has 1 rings (SSSR count). The molecule has 0 amide bonds. The van der Waals surface area contributed by atoms with Crippen LogP contribution in [0.3, 0.4) is 0 Å². The zero-order chi connectivity index (χ0) is 21.0. The van der Waals surface area contributed by atoms with Gasteiger partial charge < -0.3 is 14.2 Å². The first-order chi connectivity index (χ1) is 14.2. The Kier molecular flexibility index (Phi) is 17.6. The second-order valence-electron chi connectivity index (χ2n) is 8.72. The molecule has 4 heteroatoms. The number of ether oxygens (including phenoxy) is 3. The summed E-state index contributed by atoms with van der Waals surface area (Å²) in [5, 5.41) is 0. The van der Waals surface area contributed by atoms with Crippen molar-refractivity contribution in [1.82, 2.24) is 0 Å². The molecule has 0 aromatic carbocycles. The molecule has 0 aromatic rings. The van der Waals surface area contributed by atoms with E-state index in [1.807, 2.05) is 0 Å². The number of hydrogen-bond donors (Lipinski definition) is 0. The maximum atomic E-state index is 11.4. The molecule has 0 aromatic heterocycles. The summed E-state index contributed by atoms with van der Waals surface area (Å²) in [5.41, 5.74) is 0. The fourth-order valence-corrected chi connectivity index (χ4v) is 4.06. The van der Waals surface area contributed by atoms with Gasteiger partial charge in [0.05, 0.1) is 0 Å². The van der Waals surface area contributed by atoms with Crippen molar-refractivity contribution in [2.24, 2.45) is 0 Å². The summed E-state index contributed by atoms with van der Waals surface area (Å²) in [4.78, 5) is 11.4. The number of esters is 1. The molecule has 172 valence electrons. The van der Waals surface area contributed by atoms with Crippen LogP contribution < -0.4 is 0 Å². The second kappa shape index (κ2) is 19.4. The van der Waals surface area contributed by atoms with E-state index in [0.717, 1.165) is 38.9 Å². The average Bonchev–Trinajstić information content (AvgIpc) is 2.72. The lowest BCUT2D eigenvalue weighted by Gasteiger charge is -2.22. The molecule has 0 N–H and O–H groups in total. The first kappa shape index (κ1) is 26.4. The predicted molar refractivity (Wildman–Crippen MR) is 120 cm³/mol. The van der Waals surface area contributed by atoms with Gasteiger partial charge in [-0.1, -0.05) is 71.1 Å². The number of carbonyl (C=O) groups is 1. The molecule has 1 aliphatic heterocycles. The normalized spacial score (nSPS) is 17.9. The van der Waals surface area contributed by atoms with Crippen molar-refractivity contribution in [3.8, 4) is 0 Å². The summed E-state index contributed by atoms with van der Waals surface area (Å²) in [6, 6.07) is 0. The quantitative estimate of drug-likeness (QED) is 0.164. The van der Waals surface area contributed by atoms with Crippen molar-refractivity contribution in [3.63, 3.8) is 0 Å². The van der Waals surface area contributed by atoms with Gasteiger partial charge in [0.25, 0.3) is 0 Å². The van der Waals surface area contributed by atoms with Crippen LogP contribution in [-0.4, -0.2) is 31.6 Å². The van der Waals surface area contributed by atoms with E-state index in [0.29, 0.717) is 0 Å². The van der Waals surface area contributed by atoms with E-state index in [9.17, 15) is 4.79 Å². The van der Waals surface area contributed by atoms with Crippen LogP contribution in [0.4, 0.5) is 0 Å². The van der Waals surface area contributed by atoms with Gasteiger partial charge in [-0.15, -0.1) is 0 Å². The summed E-state index contributed by atoms with van der Waals surface area (Å²) in [5.74, 6) is -0.125. The van der Waals surface area contributed by atoms with Gasteiger partial charge in [-0.3, -0.25) is 4.79 Å². The molecule has 1 saturated heterocycles. The van der Waals surface area contributed by atoms with Crippen LogP contribution in [0.25, 0.3) is 0 Å². The lowest BCUT2D eigenvalue weighted by Crippen LogP contribution is -2.22. The molecule has 1 fully saturated rings. The van der Waals surface area contributed by atoms with Crippen molar-refractivity contribution in [2.75, 3.05) is 13.2 Å². The Hall–Kier alpha value is -0.610. The molecule has 0 bridgehead atoms. The van der Waals surface area contributed by atoms with Gasteiger partial charge in [-0.25, -0.2) is 0 Å². The lowest BCUT2D eigenvalue weighted by molar-refractivity contribution is -0.162. The van der Waals surface area contributed by atoms with E-state index >= 15 is 0 Å². The van der Waals surface area contributed by atoms with Crippen molar-refractivity contribution in [1.29, 1.82) is 0 Å². The van der Waals surface area contributed by atoms with E-state index in [4.69, 9.17) is 14.2 Å². The minimum absolute atomic E-state index is 0.0540. The van der Waals surface area contributed by atoms with Gasteiger partial charge in [0.2, 0.25) is 0 Å². The average molecular weight is 413 g/mol. The van der Waals surface area contributed by atoms with E-state index in [-0.39, 0.29) is 18.4 Å². The zero-order valence-electron chi connectivity index (χ0n) is 19.4. The summed E-state index contributed by atoms with van der Waals surface area (Å²) in [7, 11) is 0. The first-order valence-corrected chi connectivity index (χ1v) is 12.6. The lowest BCUT2D eigenvalue weighted by atomic mass is 10.0. The van der Waals surface area contributed by atoms with E-state index in [1.165, 1.54) is 96.8 Å². The topological polar surface area (TPSA) is 44.8 Å². The molecule has 1 aliphatic rings. The number of hydrogen-bond acceptors (Lipinski definition) is 4. The van der Waals surface area contributed by atoms with E-state index < -0.39 is 0 Å². The zero-order valence-corrected chi connectivity index (χ0v) is 19.4. The standard InChI is InChI=1S/C25H48O4/c1-3-4-5-6-7-10-13-18-24(29-23(2)26)19-14-11-8-9-12-16-21-27-25-20-15-17-22-28-25/h24-25H,3-22H2,1-2H3. The summed E-state index contributed by atoms with van der Waals surface area (Å²) >= 11 is 0. The third-order valence-electron chi connectivity index (χ3n) is 5.82. The highest BCUT2D eigenvalue weighted by molar-refractivity contribution is 5.66. The number of rotatable bonds is 19. The Morgan fingerprint density at radius 1 is 0.862 bits per heavy atom. The summed E-state index contributed by atoms with van der Waals surface area (Å²) < 4.78 is 16.9. The Morgan fingerprint density at radius 2 is 1.45 bits per heavy atom. The third kappa shape index (κ3) is 16.8. The molecule has 0 spiro atoms. The van der Waals surface area contributed by atoms with Crippen LogP contribution in [-0.2, 0) is 19.0 Å². The van der Waals surface area contributed by atoms with Gasteiger partial charge in [0.1, 0.15) is 6.10 Å². The van der Waals surface area contributed by atoms with E-state index in [1.54, 1.807) is 0 Å². The minimum Gasteiger partial charge on any atom is -0.463 e. The fourth-order valence-electron chi connectivity index (χ4n) is 4.06. The molecule has 1 heterocycles. The molecule has 2 atom stereocenters. The largest absolute Gasteiger partial charge is 0.463 e. The van der Waals surface area contributed by atoms with Crippen molar-refractivity contribution in [2.45, 2.75) is 142 Å². The first-order valence-electron chi connectivity index (χ1n) is 12.6. The molecule has 2 unspecified atom stereocenters. The Labute approximate surface area is 180 Å². The third-order valence-corrected chi connectivity index (χ3v) is 5.82. The molecule has 0 aliphatic carbocycles. The summed E-state index contributed by atoms with van der Waals surface area (Å²) in [6.45, 7) is 5.49. The van der Waals surface area contributed by atoms with Crippen molar-refractivity contribution < 1.29 is 19.0 Å². The second-order valence-corrected chi connectivity index (χ2v) is 8.72. The number of unbranched alkanes of at least 4 members (excludes halogenated alkanes) is 11. The highest BCUT2D eigenvalue weighted by Gasteiger charge is 2.13. The minimum atomic E-state index is -0.125. The van der Waals surface area contributed by atoms with Crippen LogP contribution in [0.5, 0.6) is 0 Å². The SMILES string of the molecule is CCCCCCCCCC(CCCCCCCCOC1CCCCO1)OC(C)=O. The van der Waals surface area contributed by atoms with Gasteiger partial charge in [-0.2, -0.15) is 0 Å². The maximum absolute atomic E-state index is 11.4. The van der Waals surface area contributed by atoms with Crippen LogP contribution in [0, 0.1) is 0 Å². The van der Waals surface area contributed by atoms with Gasteiger partial charge in [0, 0.05) is 20.1 Å². The molecular weight excluding hydrogens is 364 g/mol. The summed E-state index contributed by atoms with van der Waals surface area (Å²) in [6.07, 6.45) is 22.2. The van der Waals surface area contributed by atoms with Crippen LogP contribution in [0.1, 0.15) is 129 Å². The molecule has 4 nitrogen and oxygen atoms in total. The molecule has 0 radical (unpaired) electrons. The van der Waals surface area contributed by atoms with Crippen LogP contribution >= 0.6 is 0 Å². The molecular formula is C25H48O4. The Balaban J connectivity index is 1.93. The van der Waals surface area contributed by atoms with E-state index in [2.05, 4.69) is 6.92 Å². The molecule has 0 saturated carbocycles. The maximum Gasteiger partial charge on any atom is 0.302 e. The number of carbonyl (C=O) groups excluding carboxylic acids is 1. The smallest absolute Gasteiger partial charge is 0.302 e. The monoisotopic (exact) mass is 412 g/mol. The van der Waals surface area contributed by atoms with Crippen LogP contribution in [0.2, 0.25) is 0 Å². The van der Waals surface area contributed by atoms with Crippen molar-refractivity contribution >= 4 is 5.97 Å². The molecule has 29 heavy (non-hydrogen) atoms. The van der Waals surface area contributed by atoms with Gasteiger partial charge >= 0.3 is 5.97 Å². The van der Waals surface area contributed by atoms with Crippen LogP contribution in [0.15, 0.2) is 0 Å². The van der Waals surface area contributed by atoms with Crippen molar-refractivity contribution in [3.05, 3.63) is 0 Å². The highest BCUT2D eigenvalue weighted by atomic mass is 16.7.